The van der Waals surface area contributed by atoms with E-state index in [1.807, 2.05) is 0 Å². The third-order valence-electron chi connectivity index (χ3n) is 4.20. The number of rotatable bonds is 5. The standard InChI is InChI=1S/C17H18F3NO3/c1-16(2,10-3-5-11(6-4-10)17(18,19)20)9-21-14(22)12-7-8-13(12)15(23)24/h3-8,12-13H,9H2,1-2H3,(H,21,22)(H,23,24)/t12-,13+/m1/s1. The second kappa shape index (κ2) is 6.30. The quantitative estimate of drug-likeness (QED) is 0.809. The summed E-state index contributed by atoms with van der Waals surface area (Å²) in [6.07, 6.45) is -1.41. The molecule has 2 rings (SSSR count). The predicted octanol–water partition coefficient (Wildman–Crippen LogP) is 2.99. The fourth-order valence-corrected chi connectivity index (χ4v) is 2.46. The van der Waals surface area contributed by atoms with Crippen molar-refractivity contribution in [3.63, 3.8) is 0 Å². The average molecular weight is 341 g/mol. The van der Waals surface area contributed by atoms with Crippen LogP contribution in [0.25, 0.3) is 0 Å². The first kappa shape index (κ1) is 18.0. The lowest BCUT2D eigenvalue weighted by molar-refractivity contribution is -0.145. The number of carboxylic acid groups (broad SMARTS) is 1. The molecule has 0 spiro atoms. The van der Waals surface area contributed by atoms with Gasteiger partial charge in [0.1, 0.15) is 0 Å². The number of benzene rings is 1. The number of carboxylic acids is 1. The summed E-state index contributed by atoms with van der Waals surface area (Å²) in [6.45, 7) is 3.77. The first-order valence-corrected chi connectivity index (χ1v) is 7.39. The molecule has 0 heterocycles. The Morgan fingerprint density at radius 1 is 1.04 bits per heavy atom. The molecule has 0 aliphatic heterocycles. The van der Waals surface area contributed by atoms with Gasteiger partial charge in [-0.1, -0.05) is 38.1 Å². The van der Waals surface area contributed by atoms with Crippen LogP contribution < -0.4 is 5.32 Å². The highest BCUT2D eigenvalue weighted by Crippen LogP contribution is 2.31. The van der Waals surface area contributed by atoms with Gasteiger partial charge < -0.3 is 10.4 Å². The van der Waals surface area contributed by atoms with Crippen LogP contribution in [0.1, 0.15) is 25.0 Å². The second-order valence-electron chi connectivity index (χ2n) is 6.45. The number of amides is 1. The van der Waals surface area contributed by atoms with Crippen LogP contribution in [-0.2, 0) is 21.2 Å². The Labute approximate surface area is 137 Å². The lowest BCUT2D eigenvalue weighted by atomic mass is 9.80. The van der Waals surface area contributed by atoms with Gasteiger partial charge in [-0.3, -0.25) is 9.59 Å². The summed E-state index contributed by atoms with van der Waals surface area (Å²) < 4.78 is 37.8. The van der Waals surface area contributed by atoms with Gasteiger partial charge in [0.15, 0.2) is 0 Å². The molecular weight excluding hydrogens is 323 g/mol. The van der Waals surface area contributed by atoms with E-state index in [2.05, 4.69) is 5.32 Å². The van der Waals surface area contributed by atoms with Crippen LogP contribution in [-0.4, -0.2) is 23.5 Å². The number of carbonyl (C=O) groups is 2. The fourth-order valence-electron chi connectivity index (χ4n) is 2.46. The van der Waals surface area contributed by atoms with Crippen LogP contribution in [0.5, 0.6) is 0 Å². The molecule has 1 aromatic rings. The van der Waals surface area contributed by atoms with E-state index in [0.717, 1.165) is 12.1 Å². The maximum atomic E-state index is 12.6. The fraction of sp³-hybridized carbons (Fsp3) is 0.412. The van der Waals surface area contributed by atoms with Gasteiger partial charge in [0.25, 0.3) is 0 Å². The molecule has 2 atom stereocenters. The Kier molecular flexibility index (Phi) is 4.73. The van der Waals surface area contributed by atoms with Crippen LogP contribution in [0.2, 0.25) is 0 Å². The molecule has 1 aromatic carbocycles. The maximum absolute atomic E-state index is 12.6. The van der Waals surface area contributed by atoms with Gasteiger partial charge in [0.05, 0.1) is 17.4 Å². The first-order valence-electron chi connectivity index (χ1n) is 7.39. The largest absolute Gasteiger partial charge is 0.481 e. The summed E-state index contributed by atoms with van der Waals surface area (Å²) in [4.78, 5) is 22.9. The zero-order chi connectivity index (χ0) is 18.1. The minimum atomic E-state index is -4.39. The van der Waals surface area contributed by atoms with Gasteiger partial charge in [-0.25, -0.2) is 0 Å². The van der Waals surface area contributed by atoms with Crippen molar-refractivity contribution in [2.45, 2.75) is 25.4 Å². The van der Waals surface area contributed by atoms with E-state index in [-0.39, 0.29) is 6.54 Å². The number of carbonyl (C=O) groups excluding carboxylic acids is 1. The second-order valence-corrected chi connectivity index (χ2v) is 6.45. The minimum absolute atomic E-state index is 0.188. The molecule has 24 heavy (non-hydrogen) atoms. The van der Waals surface area contributed by atoms with Crippen molar-refractivity contribution >= 4 is 11.9 Å². The number of alkyl halides is 3. The van der Waals surface area contributed by atoms with Crippen molar-refractivity contribution in [1.29, 1.82) is 0 Å². The van der Waals surface area contributed by atoms with Crippen LogP contribution in [0, 0.1) is 11.8 Å². The SMILES string of the molecule is CC(C)(CNC(=O)[C@@H]1C=C[C@@H]1C(=O)O)c1ccc(C(F)(F)F)cc1. The number of halogens is 3. The Bertz CT molecular complexity index is 663. The van der Waals surface area contributed by atoms with E-state index in [1.54, 1.807) is 13.8 Å². The van der Waals surface area contributed by atoms with Gasteiger partial charge in [-0.2, -0.15) is 13.2 Å². The average Bonchev–Trinajstić information content (AvgIpc) is 2.42. The van der Waals surface area contributed by atoms with E-state index in [9.17, 15) is 22.8 Å². The molecule has 1 amide bonds. The minimum Gasteiger partial charge on any atom is -0.481 e. The topological polar surface area (TPSA) is 66.4 Å². The summed E-state index contributed by atoms with van der Waals surface area (Å²) >= 11 is 0. The molecule has 0 radical (unpaired) electrons. The molecule has 2 N–H and O–H groups in total. The predicted molar refractivity (Wildman–Crippen MR) is 81.2 cm³/mol. The third-order valence-corrected chi connectivity index (χ3v) is 4.20. The van der Waals surface area contributed by atoms with Crippen LogP contribution in [0.4, 0.5) is 13.2 Å². The molecule has 1 aliphatic carbocycles. The highest BCUT2D eigenvalue weighted by atomic mass is 19.4. The molecule has 130 valence electrons. The van der Waals surface area contributed by atoms with Crippen molar-refractivity contribution in [2.75, 3.05) is 6.54 Å². The van der Waals surface area contributed by atoms with E-state index in [4.69, 9.17) is 5.11 Å². The Balaban J connectivity index is 2.00. The van der Waals surface area contributed by atoms with E-state index in [0.29, 0.717) is 5.56 Å². The molecule has 1 aliphatic rings. The van der Waals surface area contributed by atoms with Gasteiger partial charge in [0.2, 0.25) is 5.91 Å². The molecule has 4 nitrogen and oxygen atoms in total. The van der Waals surface area contributed by atoms with Gasteiger partial charge in [-0.05, 0) is 17.7 Å². The molecule has 0 unspecified atom stereocenters. The number of hydrogen-bond acceptors (Lipinski definition) is 2. The lowest BCUT2D eigenvalue weighted by Gasteiger charge is -2.29. The van der Waals surface area contributed by atoms with Crippen molar-refractivity contribution in [2.24, 2.45) is 11.8 Å². The number of aliphatic carboxylic acids is 1. The van der Waals surface area contributed by atoms with Crippen molar-refractivity contribution in [3.05, 3.63) is 47.5 Å². The highest BCUT2D eigenvalue weighted by Gasteiger charge is 2.36. The third kappa shape index (κ3) is 3.77. The monoisotopic (exact) mass is 341 g/mol. The summed E-state index contributed by atoms with van der Waals surface area (Å²) in [5, 5.41) is 11.6. The summed E-state index contributed by atoms with van der Waals surface area (Å²) in [5.74, 6) is -2.98. The Morgan fingerprint density at radius 2 is 1.54 bits per heavy atom. The Hall–Kier alpha value is -2.31. The molecule has 0 bridgehead atoms. The van der Waals surface area contributed by atoms with Gasteiger partial charge >= 0.3 is 12.1 Å². The molecular formula is C17H18F3NO3. The molecule has 7 heteroatoms. The Morgan fingerprint density at radius 3 is 1.96 bits per heavy atom. The van der Waals surface area contributed by atoms with E-state index < -0.39 is 40.9 Å². The van der Waals surface area contributed by atoms with E-state index in [1.165, 1.54) is 24.3 Å². The molecule has 0 saturated carbocycles. The molecule has 0 aromatic heterocycles. The summed E-state index contributed by atoms with van der Waals surface area (Å²) in [5.41, 5.74) is -0.670. The van der Waals surface area contributed by atoms with Gasteiger partial charge in [-0.15, -0.1) is 0 Å². The maximum Gasteiger partial charge on any atom is 0.416 e. The molecule has 0 fully saturated rings. The number of hydrogen-bond donors (Lipinski definition) is 2. The van der Waals surface area contributed by atoms with Crippen molar-refractivity contribution in [1.82, 2.24) is 5.32 Å². The van der Waals surface area contributed by atoms with E-state index >= 15 is 0 Å². The smallest absolute Gasteiger partial charge is 0.416 e. The highest BCUT2D eigenvalue weighted by molar-refractivity contribution is 5.89. The first-order chi connectivity index (χ1) is 11.0. The summed E-state index contributed by atoms with van der Waals surface area (Å²) in [7, 11) is 0. The zero-order valence-corrected chi connectivity index (χ0v) is 13.2. The lowest BCUT2D eigenvalue weighted by Crippen LogP contribution is -2.44. The zero-order valence-electron chi connectivity index (χ0n) is 13.2. The molecule has 0 saturated heterocycles. The van der Waals surface area contributed by atoms with Crippen LogP contribution in [0.3, 0.4) is 0 Å². The summed E-state index contributed by atoms with van der Waals surface area (Å²) in [6, 6.07) is 4.79. The van der Waals surface area contributed by atoms with Gasteiger partial charge in [0, 0.05) is 12.0 Å². The number of nitrogens with one attached hydrogen (secondary N) is 1. The van der Waals surface area contributed by atoms with Crippen molar-refractivity contribution < 1.29 is 27.9 Å². The normalized spacial score (nSPS) is 20.4. The van der Waals surface area contributed by atoms with Crippen LogP contribution in [0.15, 0.2) is 36.4 Å². The van der Waals surface area contributed by atoms with Crippen molar-refractivity contribution in [3.8, 4) is 0 Å². The van der Waals surface area contributed by atoms with Crippen LogP contribution >= 0.6 is 0 Å².